The van der Waals surface area contributed by atoms with E-state index >= 15 is 0 Å². The van der Waals surface area contributed by atoms with E-state index in [0.29, 0.717) is 5.75 Å². The third-order valence-electron chi connectivity index (χ3n) is 4.60. The molecule has 8 heteroatoms. The predicted molar refractivity (Wildman–Crippen MR) is 99.2 cm³/mol. The van der Waals surface area contributed by atoms with Crippen LogP contribution in [0.4, 0.5) is 8.78 Å². The van der Waals surface area contributed by atoms with Crippen LogP contribution >= 0.6 is 0 Å². The molecule has 1 aliphatic rings. The smallest absolute Gasteiger partial charge is 0.248 e. The molecule has 0 aliphatic heterocycles. The average molecular weight is 396 g/mol. The van der Waals surface area contributed by atoms with Crippen LogP contribution in [0.3, 0.4) is 0 Å². The molecule has 1 aromatic carbocycles. The Labute approximate surface area is 157 Å². The maximum Gasteiger partial charge on any atom is 0.248 e. The monoisotopic (exact) mass is 396 g/mol. The highest BCUT2D eigenvalue weighted by molar-refractivity contribution is 7.88. The Morgan fingerprint density at radius 1 is 1.22 bits per heavy atom. The lowest BCUT2D eigenvalue weighted by atomic mass is 9.83. The van der Waals surface area contributed by atoms with E-state index in [1.807, 2.05) is 30.3 Å². The zero-order valence-corrected chi connectivity index (χ0v) is 15.8. The molecule has 27 heavy (non-hydrogen) atoms. The number of alkyl halides is 2. The Morgan fingerprint density at radius 2 is 1.96 bits per heavy atom. The largest absolute Gasteiger partial charge is 0.493 e. The summed E-state index contributed by atoms with van der Waals surface area (Å²) in [6, 6.07) is 12.3. The molecule has 3 rings (SSSR count). The van der Waals surface area contributed by atoms with E-state index in [-0.39, 0.29) is 19.4 Å². The van der Waals surface area contributed by atoms with Crippen molar-refractivity contribution in [1.29, 1.82) is 0 Å². The van der Waals surface area contributed by atoms with Gasteiger partial charge in [0.2, 0.25) is 15.9 Å². The Kier molecular flexibility index (Phi) is 5.76. The van der Waals surface area contributed by atoms with Gasteiger partial charge in [-0.25, -0.2) is 21.9 Å². The van der Waals surface area contributed by atoms with Gasteiger partial charge in [0, 0.05) is 36.6 Å². The normalized spacial score (nSPS) is 22.3. The summed E-state index contributed by atoms with van der Waals surface area (Å²) in [7, 11) is -3.47. The molecule has 0 radical (unpaired) electrons. The van der Waals surface area contributed by atoms with Gasteiger partial charge in [-0.2, -0.15) is 0 Å². The van der Waals surface area contributed by atoms with Crippen molar-refractivity contribution in [2.24, 2.45) is 5.92 Å². The Balaban J connectivity index is 1.65. The fraction of sp³-hybridized carbons (Fsp3) is 0.421. The standard InChI is InChI=1S/C19H22F2N2O3S/c1-27(24,25)23-18-9-10-19(20,21)12-15(18)13-26-16-7-5-14(6-8-16)17-4-2-3-11-22-17/h2-8,11,15,18,23H,9-10,12-13H2,1H3/t15-,18+/m1/s1. The van der Waals surface area contributed by atoms with Crippen LogP contribution < -0.4 is 9.46 Å². The highest BCUT2D eigenvalue weighted by atomic mass is 32.2. The molecule has 1 N–H and O–H groups in total. The summed E-state index contributed by atoms with van der Waals surface area (Å²) < 4.78 is 58.7. The van der Waals surface area contributed by atoms with Crippen LogP contribution in [0.15, 0.2) is 48.7 Å². The number of aromatic nitrogens is 1. The van der Waals surface area contributed by atoms with Crippen molar-refractivity contribution in [3.8, 4) is 17.0 Å². The Morgan fingerprint density at radius 3 is 2.59 bits per heavy atom. The minimum Gasteiger partial charge on any atom is -0.493 e. The molecule has 2 atom stereocenters. The van der Waals surface area contributed by atoms with E-state index in [1.165, 1.54) is 0 Å². The van der Waals surface area contributed by atoms with Gasteiger partial charge in [0.15, 0.2) is 0 Å². The zero-order valence-electron chi connectivity index (χ0n) is 14.9. The quantitative estimate of drug-likeness (QED) is 0.812. The lowest BCUT2D eigenvalue weighted by Crippen LogP contribution is -2.48. The van der Waals surface area contributed by atoms with Gasteiger partial charge < -0.3 is 4.74 Å². The first-order valence-corrected chi connectivity index (χ1v) is 10.6. The fourth-order valence-electron chi connectivity index (χ4n) is 3.29. The molecule has 0 bridgehead atoms. The summed E-state index contributed by atoms with van der Waals surface area (Å²) in [6.07, 6.45) is 2.11. The van der Waals surface area contributed by atoms with Crippen LogP contribution in [0.1, 0.15) is 19.3 Å². The minimum atomic E-state index is -3.47. The molecule has 1 aromatic heterocycles. The van der Waals surface area contributed by atoms with Gasteiger partial charge in [-0.15, -0.1) is 0 Å². The molecule has 2 aromatic rings. The van der Waals surface area contributed by atoms with Gasteiger partial charge in [0.1, 0.15) is 5.75 Å². The van der Waals surface area contributed by atoms with Gasteiger partial charge in [-0.3, -0.25) is 4.98 Å². The van der Waals surface area contributed by atoms with Gasteiger partial charge >= 0.3 is 0 Å². The molecular formula is C19H22F2N2O3S. The molecule has 1 fully saturated rings. The molecule has 0 unspecified atom stereocenters. The number of hydrogen-bond donors (Lipinski definition) is 1. The first kappa shape index (κ1) is 19.7. The number of nitrogens with zero attached hydrogens (tertiary/aromatic N) is 1. The molecule has 1 heterocycles. The second-order valence-corrected chi connectivity index (χ2v) is 8.69. The van der Waals surface area contributed by atoms with E-state index in [0.717, 1.165) is 17.5 Å². The minimum absolute atomic E-state index is 0.0196. The van der Waals surface area contributed by atoms with Gasteiger partial charge in [-0.1, -0.05) is 6.07 Å². The van der Waals surface area contributed by atoms with Crippen molar-refractivity contribution >= 4 is 10.0 Å². The average Bonchev–Trinajstić information content (AvgIpc) is 2.62. The molecular weight excluding hydrogens is 374 g/mol. The molecule has 0 spiro atoms. The fourth-order valence-corrected chi connectivity index (χ4v) is 4.15. The number of sulfonamides is 1. The van der Waals surface area contributed by atoms with E-state index in [4.69, 9.17) is 4.74 Å². The van der Waals surface area contributed by atoms with Crippen LogP contribution in [-0.2, 0) is 10.0 Å². The Hall–Kier alpha value is -2.06. The van der Waals surface area contributed by atoms with Crippen molar-refractivity contribution in [2.75, 3.05) is 12.9 Å². The van der Waals surface area contributed by atoms with Crippen molar-refractivity contribution in [3.05, 3.63) is 48.7 Å². The highest BCUT2D eigenvalue weighted by Crippen LogP contribution is 2.37. The summed E-state index contributed by atoms with van der Waals surface area (Å²) in [5.74, 6) is -2.85. The van der Waals surface area contributed by atoms with E-state index in [2.05, 4.69) is 9.71 Å². The number of hydrogen-bond acceptors (Lipinski definition) is 4. The summed E-state index contributed by atoms with van der Waals surface area (Å²) in [6.45, 7) is 0.0196. The van der Waals surface area contributed by atoms with E-state index in [1.54, 1.807) is 18.3 Å². The van der Waals surface area contributed by atoms with Crippen LogP contribution in [0, 0.1) is 5.92 Å². The lowest BCUT2D eigenvalue weighted by Gasteiger charge is -2.35. The highest BCUT2D eigenvalue weighted by Gasteiger charge is 2.42. The van der Waals surface area contributed by atoms with Gasteiger partial charge in [0.05, 0.1) is 18.6 Å². The number of benzene rings is 1. The molecule has 0 saturated heterocycles. The van der Waals surface area contributed by atoms with E-state index < -0.39 is 34.3 Å². The van der Waals surface area contributed by atoms with Gasteiger partial charge in [-0.05, 0) is 42.8 Å². The first-order chi connectivity index (χ1) is 12.7. The zero-order chi connectivity index (χ0) is 19.5. The molecule has 1 saturated carbocycles. The summed E-state index contributed by atoms with van der Waals surface area (Å²) in [4.78, 5) is 4.27. The Bertz CT molecular complexity index is 858. The lowest BCUT2D eigenvalue weighted by molar-refractivity contribution is -0.0660. The maximum atomic E-state index is 13.8. The number of halogens is 2. The molecule has 146 valence electrons. The van der Waals surface area contributed by atoms with Crippen LogP contribution in [0.2, 0.25) is 0 Å². The molecule has 0 amide bonds. The van der Waals surface area contributed by atoms with Crippen molar-refractivity contribution in [3.63, 3.8) is 0 Å². The predicted octanol–water partition coefficient (Wildman–Crippen LogP) is 3.48. The second-order valence-electron chi connectivity index (χ2n) is 6.91. The summed E-state index contributed by atoms with van der Waals surface area (Å²) in [5, 5.41) is 0. The summed E-state index contributed by atoms with van der Waals surface area (Å²) >= 11 is 0. The van der Waals surface area contributed by atoms with Crippen LogP contribution in [0.25, 0.3) is 11.3 Å². The maximum absolute atomic E-state index is 13.8. The summed E-state index contributed by atoms with van der Waals surface area (Å²) in [5.41, 5.74) is 1.75. The van der Waals surface area contributed by atoms with E-state index in [9.17, 15) is 17.2 Å². The molecule has 1 aliphatic carbocycles. The van der Waals surface area contributed by atoms with Gasteiger partial charge in [0.25, 0.3) is 0 Å². The topological polar surface area (TPSA) is 68.3 Å². The van der Waals surface area contributed by atoms with Crippen molar-refractivity contribution in [2.45, 2.75) is 31.2 Å². The number of rotatable bonds is 6. The number of pyridine rings is 1. The second kappa shape index (κ2) is 7.90. The third kappa shape index (κ3) is 5.71. The number of nitrogens with one attached hydrogen (secondary N) is 1. The van der Waals surface area contributed by atoms with Crippen LogP contribution in [-0.4, -0.2) is 38.2 Å². The SMILES string of the molecule is CS(=O)(=O)N[C@H]1CCC(F)(F)C[C@@H]1COc1ccc(-c2ccccn2)cc1. The number of ether oxygens (including phenoxy) is 1. The van der Waals surface area contributed by atoms with Crippen molar-refractivity contribution in [1.82, 2.24) is 9.71 Å². The van der Waals surface area contributed by atoms with Crippen molar-refractivity contribution < 1.29 is 21.9 Å². The molecule has 5 nitrogen and oxygen atoms in total. The van der Waals surface area contributed by atoms with Crippen LogP contribution in [0.5, 0.6) is 5.75 Å². The third-order valence-corrected chi connectivity index (χ3v) is 5.33. The first-order valence-electron chi connectivity index (χ1n) is 8.71.